The molecule has 1 aromatic heterocycles. The van der Waals surface area contributed by atoms with E-state index in [-0.39, 0.29) is 5.91 Å². The van der Waals surface area contributed by atoms with Crippen LogP contribution in [0.2, 0.25) is 0 Å². The van der Waals surface area contributed by atoms with Crippen LogP contribution in [-0.4, -0.2) is 24.4 Å². The second-order valence-electron chi connectivity index (χ2n) is 5.40. The van der Waals surface area contributed by atoms with Crippen LogP contribution in [0.4, 0.5) is 0 Å². The fourth-order valence-electron chi connectivity index (χ4n) is 2.17. The monoisotopic (exact) mass is 302 g/mol. The highest BCUT2D eigenvalue weighted by molar-refractivity contribution is 7.10. The van der Waals surface area contributed by atoms with Crippen LogP contribution in [-0.2, 0) is 17.9 Å². The number of nitrogens with zero attached hydrogens (tertiary/aromatic N) is 1. The molecule has 0 fully saturated rings. The standard InChI is InChI=1S/C17H22N2OS/c1-13-6-4-5-7-15(13)10-18-17(20)12-19(3)11-16-14(2)8-9-21-16/h4-9H,10-12H2,1-3H3,(H,18,20). The van der Waals surface area contributed by atoms with Gasteiger partial charge in [-0.2, -0.15) is 0 Å². The summed E-state index contributed by atoms with van der Waals surface area (Å²) >= 11 is 1.74. The maximum absolute atomic E-state index is 12.0. The van der Waals surface area contributed by atoms with Gasteiger partial charge >= 0.3 is 0 Å². The lowest BCUT2D eigenvalue weighted by Gasteiger charge is -2.16. The molecule has 2 aromatic rings. The van der Waals surface area contributed by atoms with Crippen molar-refractivity contribution >= 4 is 17.2 Å². The summed E-state index contributed by atoms with van der Waals surface area (Å²) in [5, 5.41) is 5.08. The Bertz CT molecular complexity index is 606. The molecule has 0 bridgehead atoms. The van der Waals surface area contributed by atoms with Crippen molar-refractivity contribution < 1.29 is 4.79 Å². The van der Waals surface area contributed by atoms with Crippen molar-refractivity contribution in [3.8, 4) is 0 Å². The second kappa shape index (κ2) is 7.38. The summed E-state index contributed by atoms with van der Waals surface area (Å²) in [5.41, 5.74) is 3.68. The molecular formula is C17H22N2OS. The van der Waals surface area contributed by atoms with Crippen molar-refractivity contribution in [3.05, 3.63) is 57.3 Å². The number of hydrogen-bond acceptors (Lipinski definition) is 3. The maximum Gasteiger partial charge on any atom is 0.234 e. The predicted molar refractivity (Wildman–Crippen MR) is 88.4 cm³/mol. The summed E-state index contributed by atoms with van der Waals surface area (Å²) in [6.07, 6.45) is 0. The molecule has 0 saturated carbocycles. The molecule has 1 aromatic carbocycles. The van der Waals surface area contributed by atoms with Gasteiger partial charge in [0.25, 0.3) is 0 Å². The fraction of sp³-hybridized carbons (Fsp3) is 0.353. The first-order valence-corrected chi connectivity index (χ1v) is 7.97. The molecule has 1 N–H and O–H groups in total. The van der Waals surface area contributed by atoms with Crippen molar-refractivity contribution in [2.45, 2.75) is 26.9 Å². The van der Waals surface area contributed by atoms with Crippen LogP contribution in [0.5, 0.6) is 0 Å². The van der Waals surface area contributed by atoms with Gasteiger partial charge in [-0.3, -0.25) is 9.69 Å². The molecule has 0 spiro atoms. The van der Waals surface area contributed by atoms with Crippen molar-refractivity contribution in [1.29, 1.82) is 0 Å². The summed E-state index contributed by atoms with van der Waals surface area (Å²) < 4.78 is 0. The number of amides is 1. The van der Waals surface area contributed by atoms with Gasteiger partial charge in [0, 0.05) is 18.0 Å². The van der Waals surface area contributed by atoms with E-state index in [1.54, 1.807) is 11.3 Å². The summed E-state index contributed by atoms with van der Waals surface area (Å²) in [6.45, 7) is 6.01. The van der Waals surface area contributed by atoms with Crippen LogP contribution >= 0.6 is 11.3 Å². The van der Waals surface area contributed by atoms with E-state index < -0.39 is 0 Å². The molecule has 3 nitrogen and oxygen atoms in total. The van der Waals surface area contributed by atoms with Crippen molar-refractivity contribution in [2.75, 3.05) is 13.6 Å². The Labute approximate surface area is 130 Å². The van der Waals surface area contributed by atoms with Gasteiger partial charge in [-0.05, 0) is 49.0 Å². The zero-order chi connectivity index (χ0) is 15.2. The van der Waals surface area contributed by atoms with Crippen LogP contribution in [0.3, 0.4) is 0 Å². The smallest absolute Gasteiger partial charge is 0.234 e. The molecule has 4 heteroatoms. The average Bonchev–Trinajstić information content (AvgIpc) is 2.83. The van der Waals surface area contributed by atoms with Crippen molar-refractivity contribution in [1.82, 2.24) is 10.2 Å². The average molecular weight is 302 g/mol. The Balaban J connectivity index is 1.79. The third kappa shape index (κ3) is 4.69. The van der Waals surface area contributed by atoms with E-state index in [2.05, 4.69) is 36.7 Å². The minimum Gasteiger partial charge on any atom is -0.351 e. The van der Waals surface area contributed by atoms with Gasteiger partial charge in [0.2, 0.25) is 5.91 Å². The van der Waals surface area contributed by atoms with Crippen LogP contribution in [0.25, 0.3) is 0 Å². The number of benzene rings is 1. The maximum atomic E-state index is 12.0. The summed E-state index contributed by atoms with van der Waals surface area (Å²) in [5.74, 6) is 0.0648. The SMILES string of the molecule is Cc1ccccc1CNC(=O)CN(C)Cc1sccc1C. The molecule has 0 aliphatic heterocycles. The fourth-order valence-corrected chi connectivity index (χ4v) is 3.16. The minimum absolute atomic E-state index is 0.0648. The van der Waals surface area contributed by atoms with Gasteiger partial charge < -0.3 is 5.32 Å². The zero-order valence-corrected chi connectivity index (χ0v) is 13.7. The van der Waals surface area contributed by atoms with Gasteiger partial charge in [0.1, 0.15) is 0 Å². The molecule has 112 valence electrons. The van der Waals surface area contributed by atoms with E-state index >= 15 is 0 Å². The van der Waals surface area contributed by atoms with E-state index in [0.717, 1.165) is 6.54 Å². The number of hydrogen-bond donors (Lipinski definition) is 1. The molecule has 0 atom stereocenters. The number of carbonyl (C=O) groups excluding carboxylic acids is 1. The van der Waals surface area contributed by atoms with Crippen LogP contribution in [0.1, 0.15) is 21.6 Å². The highest BCUT2D eigenvalue weighted by atomic mass is 32.1. The third-order valence-corrected chi connectivity index (χ3v) is 4.54. The quantitative estimate of drug-likeness (QED) is 0.889. The summed E-state index contributed by atoms with van der Waals surface area (Å²) in [7, 11) is 1.98. The molecule has 0 unspecified atom stereocenters. The zero-order valence-electron chi connectivity index (χ0n) is 12.8. The number of rotatable bonds is 6. The molecule has 0 saturated heterocycles. The third-order valence-electron chi connectivity index (χ3n) is 3.53. The van der Waals surface area contributed by atoms with Crippen LogP contribution < -0.4 is 5.32 Å². The first-order chi connectivity index (χ1) is 10.1. The lowest BCUT2D eigenvalue weighted by Crippen LogP contribution is -2.34. The Morgan fingerprint density at radius 2 is 1.95 bits per heavy atom. The van der Waals surface area contributed by atoms with Crippen LogP contribution in [0.15, 0.2) is 35.7 Å². The number of nitrogens with one attached hydrogen (secondary N) is 1. The number of carbonyl (C=O) groups is 1. The number of thiophene rings is 1. The van der Waals surface area contributed by atoms with Crippen molar-refractivity contribution in [2.24, 2.45) is 0 Å². The Hall–Kier alpha value is -1.65. The van der Waals surface area contributed by atoms with E-state index in [9.17, 15) is 4.79 Å². The Morgan fingerprint density at radius 1 is 1.19 bits per heavy atom. The largest absolute Gasteiger partial charge is 0.351 e. The topological polar surface area (TPSA) is 32.3 Å². The Morgan fingerprint density at radius 3 is 2.62 bits per heavy atom. The molecular weight excluding hydrogens is 280 g/mol. The first kappa shape index (κ1) is 15.7. The highest BCUT2D eigenvalue weighted by Gasteiger charge is 2.09. The lowest BCUT2D eigenvalue weighted by molar-refractivity contribution is -0.122. The van der Waals surface area contributed by atoms with Gasteiger partial charge in [-0.15, -0.1) is 11.3 Å². The van der Waals surface area contributed by atoms with Gasteiger partial charge in [0.05, 0.1) is 6.54 Å². The van der Waals surface area contributed by atoms with Gasteiger partial charge in [0.15, 0.2) is 0 Å². The molecule has 2 rings (SSSR count). The molecule has 1 amide bonds. The normalized spacial score (nSPS) is 10.9. The van der Waals surface area contributed by atoms with E-state index in [1.165, 1.54) is 21.6 Å². The molecule has 1 heterocycles. The van der Waals surface area contributed by atoms with Gasteiger partial charge in [-0.1, -0.05) is 24.3 Å². The lowest BCUT2D eigenvalue weighted by atomic mass is 10.1. The first-order valence-electron chi connectivity index (χ1n) is 7.09. The van der Waals surface area contributed by atoms with Crippen LogP contribution in [0, 0.1) is 13.8 Å². The molecule has 0 aliphatic carbocycles. The second-order valence-corrected chi connectivity index (χ2v) is 6.40. The highest BCUT2D eigenvalue weighted by Crippen LogP contribution is 2.16. The number of likely N-dealkylation sites (N-methyl/N-ethyl adjacent to an activating group) is 1. The predicted octanol–water partition coefficient (Wildman–Crippen LogP) is 3.11. The molecule has 0 aliphatic rings. The molecule has 0 radical (unpaired) electrons. The summed E-state index contributed by atoms with van der Waals surface area (Å²) in [6, 6.07) is 10.2. The molecule has 21 heavy (non-hydrogen) atoms. The van der Waals surface area contributed by atoms with E-state index in [4.69, 9.17) is 0 Å². The van der Waals surface area contributed by atoms with E-state index in [0.29, 0.717) is 13.1 Å². The minimum atomic E-state index is 0.0648. The van der Waals surface area contributed by atoms with E-state index in [1.807, 2.05) is 30.1 Å². The van der Waals surface area contributed by atoms with Crippen molar-refractivity contribution in [3.63, 3.8) is 0 Å². The Kier molecular flexibility index (Phi) is 5.53. The van der Waals surface area contributed by atoms with Gasteiger partial charge in [-0.25, -0.2) is 0 Å². The number of aryl methyl sites for hydroxylation is 2. The summed E-state index contributed by atoms with van der Waals surface area (Å²) in [4.78, 5) is 15.4.